The second kappa shape index (κ2) is 10.5. The summed E-state index contributed by atoms with van der Waals surface area (Å²) < 4.78 is 5.66. The molecule has 0 saturated carbocycles. The molecule has 3 rings (SSSR count). The first-order valence-corrected chi connectivity index (χ1v) is 11.9. The van der Waals surface area contributed by atoms with Crippen molar-refractivity contribution in [2.75, 3.05) is 7.11 Å². The van der Waals surface area contributed by atoms with Crippen LogP contribution < -0.4 is 0 Å². The first-order chi connectivity index (χ1) is 15.6. The molecule has 0 radical (unpaired) electrons. The Morgan fingerprint density at radius 2 is 1.85 bits per heavy atom. The number of nitrogens with zero attached hydrogens (tertiary/aromatic N) is 1. The Kier molecular flexibility index (Phi) is 8.09. The van der Waals surface area contributed by atoms with Crippen molar-refractivity contribution in [2.45, 2.75) is 64.1 Å². The zero-order valence-corrected chi connectivity index (χ0v) is 20.9. The SMILES string of the molecule is CCC(C(C)OC)N1C(=O)[C@@](C)(CC(=O)O)C[C@H](c2cccc(Cl)c2)[C@H]1c1ccc(Cl)cc1. The highest BCUT2D eigenvalue weighted by Crippen LogP contribution is 2.52. The van der Waals surface area contributed by atoms with E-state index < -0.39 is 11.4 Å². The number of carbonyl (C=O) groups is 2. The van der Waals surface area contributed by atoms with Crippen LogP contribution >= 0.6 is 23.2 Å². The number of piperidine rings is 1. The van der Waals surface area contributed by atoms with Crippen LogP contribution in [-0.2, 0) is 14.3 Å². The molecule has 33 heavy (non-hydrogen) atoms. The lowest BCUT2D eigenvalue weighted by Gasteiger charge is -2.52. The fraction of sp³-hybridized carbons (Fsp3) is 0.462. The van der Waals surface area contributed by atoms with Crippen molar-refractivity contribution in [3.8, 4) is 0 Å². The van der Waals surface area contributed by atoms with Gasteiger partial charge in [-0.05, 0) is 55.2 Å². The lowest BCUT2D eigenvalue weighted by atomic mass is 9.67. The molecule has 0 aliphatic carbocycles. The van der Waals surface area contributed by atoms with Crippen molar-refractivity contribution in [3.63, 3.8) is 0 Å². The summed E-state index contributed by atoms with van der Waals surface area (Å²) in [5.41, 5.74) is 0.844. The van der Waals surface area contributed by atoms with Gasteiger partial charge in [0, 0.05) is 23.1 Å². The lowest BCUT2D eigenvalue weighted by Crippen LogP contribution is -2.58. The van der Waals surface area contributed by atoms with Gasteiger partial charge in [0.25, 0.3) is 0 Å². The fourth-order valence-corrected chi connectivity index (χ4v) is 5.48. The minimum atomic E-state index is -1.07. The van der Waals surface area contributed by atoms with E-state index in [4.69, 9.17) is 27.9 Å². The Morgan fingerprint density at radius 3 is 2.39 bits per heavy atom. The molecule has 1 amide bonds. The van der Waals surface area contributed by atoms with E-state index in [0.29, 0.717) is 22.9 Å². The molecule has 178 valence electrons. The van der Waals surface area contributed by atoms with Gasteiger partial charge in [-0.3, -0.25) is 9.59 Å². The summed E-state index contributed by atoms with van der Waals surface area (Å²) >= 11 is 12.5. The summed E-state index contributed by atoms with van der Waals surface area (Å²) in [4.78, 5) is 27.7. The number of likely N-dealkylation sites (tertiary alicyclic amines) is 1. The summed E-state index contributed by atoms with van der Waals surface area (Å²) in [5.74, 6) is -1.32. The highest BCUT2D eigenvalue weighted by atomic mass is 35.5. The first-order valence-electron chi connectivity index (χ1n) is 11.2. The molecule has 1 aliphatic rings. The van der Waals surface area contributed by atoms with Crippen molar-refractivity contribution < 1.29 is 19.4 Å². The molecule has 1 aliphatic heterocycles. The molecule has 1 fully saturated rings. The summed E-state index contributed by atoms with van der Waals surface area (Å²) in [6, 6.07) is 14.6. The number of halogens is 2. The molecule has 1 N–H and O–H groups in total. The normalized spacial score (nSPS) is 25.0. The number of amides is 1. The molecule has 2 aromatic carbocycles. The predicted octanol–water partition coefficient (Wildman–Crippen LogP) is 6.35. The number of ether oxygens (including phenoxy) is 1. The van der Waals surface area contributed by atoms with E-state index >= 15 is 0 Å². The minimum Gasteiger partial charge on any atom is -0.481 e. The quantitative estimate of drug-likeness (QED) is 0.467. The first kappa shape index (κ1) is 25.5. The Labute approximate surface area is 205 Å². The summed E-state index contributed by atoms with van der Waals surface area (Å²) in [5, 5.41) is 10.9. The second-order valence-corrected chi connectivity index (χ2v) is 9.99. The van der Waals surface area contributed by atoms with Gasteiger partial charge in [-0.25, -0.2) is 0 Å². The number of aliphatic carboxylic acids is 1. The zero-order chi connectivity index (χ0) is 24.3. The summed E-state index contributed by atoms with van der Waals surface area (Å²) in [6.07, 6.45) is 0.571. The highest BCUT2D eigenvalue weighted by Gasteiger charge is 2.52. The molecule has 2 unspecified atom stereocenters. The van der Waals surface area contributed by atoms with E-state index in [9.17, 15) is 14.7 Å². The lowest BCUT2D eigenvalue weighted by molar-refractivity contribution is -0.164. The van der Waals surface area contributed by atoms with E-state index in [1.54, 1.807) is 14.0 Å². The molecule has 0 spiro atoms. The average Bonchev–Trinajstić information content (AvgIpc) is 2.77. The van der Waals surface area contributed by atoms with E-state index in [2.05, 4.69) is 0 Å². The van der Waals surface area contributed by atoms with E-state index in [-0.39, 0.29) is 36.4 Å². The van der Waals surface area contributed by atoms with Crippen LogP contribution in [0.2, 0.25) is 10.0 Å². The summed E-state index contributed by atoms with van der Waals surface area (Å²) in [7, 11) is 1.63. The van der Waals surface area contributed by atoms with Crippen molar-refractivity contribution >= 4 is 35.1 Å². The Balaban J connectivity index is 2.25. The third-order valence-corrected chi connectivity index (χ3v) is 7.31. The number of carbonyl (C=O) groups excluding carboxylic acids is 1. The van der Waals surface area contributed by atoms with Gasteiger partial charge in [0.1, 0.15) is 0 Å². The van der Waals surface area contributed by atoms with Crippen LogP contribution in [0.1, 0.15) is 63.1 Å². The van der Waals surface area contributed by atoms with Gasteiger partial charge in [-0.1, -0.05) is 61.3 Å². The standard InChI is InChI=1S/C26H31Cl2NO4/c1-5-22(16(2)33-4)29-24(17-9-11-19(27)12-10-17)21(18-7-6-8-20(28)13-18)14-26(3,25(29)32)15-23(30)31/h6-13,16,21-22,24H,5,14-15H2,1-4H3,(H,30,31)/t16?,21-,22?,24-,26-/m1/s1. The van der Waals surface area contributed by atoms with Crippen LogP contribution in [0.15, 0.2) is 48.5 Å². The Hall–Kier alpha value is -2.08. The molecule has 5 nitrogen and oxygen atoms in total. The maximum atomic E-state index is 14.1. The number of carboxylic acids is 1. The summed E-state index contributed by atoms with van der Waals surface area (Å²) in [6.45, 7) is 5.72. The van der Waals surface area contributed by atoms with Crippen LogP contribution in [0.5, 0.6) is 0 Å². The Morgan fingerprint density at radius 1 is 1.18 bits per heavy atom. The molecule has 0 aromatic heterocycles. The minimum absolute atomic E-state index is 0.162. The molecule has 1 heterocycles. The largest absolute Gasteiger partial charge is 0.481 e. The number of hydrogen-bond donors (Lipinski definition) is 1. The second-order valence-electron chi connectivity index (χ2n) is 9.12. The number of carboxylic acid groups (broad SMARTS) is 1. The zero-order valence-electron chi connectivity index (χ0n) is 19.4. The van der Waals surface area contributed by atoms with E-state index in [1.165, 1.54) is 0 Å². The molecule has 5 atom stereocenters. The topological polar surface area (TPSA) is 66.8 Å². The van der Waals surface area contributed by atoms with Crippen LogP contribution in [0, 0.1) is 5.41 Å². The average molecular weight is 492 g/mol. The number of rotatable bonds is 8. The van der Waals surface area contributed by atoms with Gasteiger partial charge in [0.15, 0.2) is 0 Å². The number of methoxy groups -OCH3 is 1. The van der Waals surface area contributed by atoms with Crippen LogP contribution in [0.25, 0.3) is 0 Å². The smallest absolute Gasteiger partial charge is 0.304 e. The third-order valence-electron chi connectivity index (χ3n) is 6.82. The van der Waals surface area contributed by atoms with Gasteiger partial charge < -0.3 is 14.7 Å². The fourth-order valence-electron chi connectivity index (χ4n) is 5.16. The Bertz CT molecular complexity index is 996. The van der Waals surface area contributed by atoms with Gasteiger partial charge in [-0.15, -0.1) is 0 Å². The van der Waals surface area contributed by atoms with Crippen LogP contribution in [0.3, 0.4) is 0 Å². The monoisotopic (exact) mass is 491 g/mol. The van der Waals surface area contributed by atoms with E-state index in [0.717, 1.165) is 11.1 Å². The maximum absolute atomic E-state index is 14.1. The van der Waals surface area contributed by atoms with Gasteiger partial charge in [0.05, 0.1) is 30.0 Å². The van der Waals surface area contributed by atoms with Crippen molar-refractivity contribution in [3.05, 3.63) is 69.7 Å². The predicted molar refractivity (Wildman–Crippen MR) is 131 cm³/mol. The van der Waals surface area contributed by atoms with Gasteiger partial charge in [0.2, 0.25) is 5.91 Å². The van der Waals surface area contributed by atoms with Crippen molar-refractivity contribution in [2.24, 2.45) is 5.41 Å². The molecular weight excluding hydrogens is 461 g/mol. The van der Waals surface area contributed by atoms with Gasteiger partial charge >= 0.3 is 5.97 Å². The molecule has 7 heteroatoms. The third kappa shape index (κ3) is 5.37. The number of hydrogen-bond acceptors (Lipinski definition) is 3. The highest BCUT2D eigenvalue weighted by molar-refractivity contribution is 6.30. The van der Waals surface area contributed by atoms with Crippen molar-refractivity contribution in [1.82, 2.24) is 4.90 Å². The maximum Gasteiger partial charge on any atom is 0.304 e. The van der Waals surface area contributed by atoms with Crippen molar-refractivity contribution in [1.29, 1.82) is 0 Å². The van der Waals surface area contributed by atoms with E-state index in [1.807, 2.05) is 67.3 Å². The number of benzene rings is 2. The molecule has 0 bridgehead atoms. The van der Waals surface area contributed by atoms with Gasteiger partial charge in [-0.2, -0.15) is 0 Å². The molecule has 1 saturated heterocycles. The molecular formula is C26H31Cl2NO4. The van der Waals surface area contributed by atoms with Crippen LogP contribution in [0.4, 0.5) is 0 Å². The molecule has 2 aromatic rings. The van der Waals surface area contributed by atoms with Crippen LogP contribution in [-0.4, -0.2) is 41.1 Å².